The average Bonchev–Trinajstić information content (AvgIpc) is 2.85. The minimum absolute atomic E-state index is 0.220. The first-order valence-electron chi connectivity index (χ1n) is 7.75. The summed E-state index contributed by atoms with van der Waals surface area (Å²) in [5, 5.41) is 0. The normalized spacial score (nSPS) is 19.5. The van der Waals surface area contributed by atoms with Crippen LogP contribution in [0.25, 0.3) is 0 Å². The van der Waals surface area contributed by atoms with Crippen LogP contribution in [-0.2, 0) is 6.42 Å². The second-order valence-corrected chi connectivity index (χ2v) is 6.01. The van der Waals surface area contributed by atoms with E-state index in [0.717, 1.165) is 36.7 Å². The van der Waals surface area contributed by atoms with E-state index in [9.17, 15) is 14.4 Å². The van der Waals surface area contributed by atoms with Gasteiger partial charge in [-0.25, -0.2) is 0 Å². The van der Waals surface area contributed by atoms with Gasteiger partial charge in [0.05, 0.1) is 17.2 Å². The van der Waals surface area contributed by atoms with Crippen LogP contribution in [-0.4, -0.2) is 23.0 Å². The highest BCUT2D eigenvalue weighted by Gasteiger charge is 2.41. The molecule has 2 aromatic rings. The van der Waals surface area contributed by atoms with Crippen LogP contribution in [0.15, 0.2) is 42.5 Å². The van der Waals surface area contributed by atoms with Gasteiger partial charge in [-0.1, -0.05) is 24.3 Å². The molecule has 0 radical (unpaired) electrons. The monoisotopic (exact) mass is 305 g/mol. The van der Waals surface area contributed by atoms with Crippen LogP contribution in [0.2, 0.25) is 0 Å². The topological polar surface area (TPSA) is 54.5 Å². The van der Waals surface area contributed by atoms with Crippen molar-refractivity contribution in [3.8, 4) is 0 Å². The predicted molar refractivity (Wildman–Crippen MR) is 84.5 cm³/mol. The van der Waals surface area contributed by atoms with Crippen molar-refractivity contribution >= 4 is 18.1 Å². The van der Waals surface area contributed by atoms with Gasteiger partial charge in [-0.3, -0.25) is 19.3 Å². The van der Waals surface area contributed by atoms with Gasteiger partial charge in [-0.15, -0.1) is 0 Å². The highest BCUT2D eigenvalue weighted by Crippen LogP contribution is 2.39. The molecule has 0 saturated heterocycles. The molecule has 1 aliphatic heterocycles. The Morgan fingerprint density at radius 2 is 1.70 bits per heavy atom. The molecular formula is C19H15NO3. The highest BCUT2D eigenvalue weighted by molar-refractivity contribution is 6.21. The third-order valence-electron chi connectivity index (χ3n) is 4.72. The van der Waals surface area contributed by atoms with Gasteiger partial charge in [0.2, 0.25) is 0 Å². The molecule has 0 bridgehead atoms. The maximum Gasteiger partial charge on any atom is 0.262 e. The molecule has 4 heteroatoms. The van der Waals surface area contributed by atoms with Crippen molar-refractivity contribution in [1.82, 2.24) is 4.90 Å². The summed E-state index contributed by atoms with van der Waals surface area (Å²) in [5.41, 5.74) is 3.63. The summed E-state index contributed by atoms with van der Waals surface area (Å²) in [4.78, 5) is 37.7. The van der Waals surface area contributed by atoms with E-state index in [0.29, 0.717) is 16.7 Å². The Kier molecular flexibility index (Phi) is 3.11. The fourth-order valence-electron chi connectivity index (χ4n) is 3.64. The molecule has 2 aromatic carbocycles. The van der Waals surface area contributed by atoms with Gasteiger partial charge in [0.15, 0.2) is 0 Å². The number of benzene rings is 2. The molecular weight excluding hydrogens is 290 g/mol. The van der Waals surface area contributed by atoms with Crippen molar-refractivity contribution in [1.29, 1.82) is 0 Å². The smallest absolute Gasteiger partial charge is 0.262 e. The summed E-state index contributed by atoms with van der Waals surface area (Å²) in [6, 6.07) is 12.2. The van der Waals surface area contributed by atoms with Crippen LogP contribution in [0.4, 0.5) is 0 Å². The summed E-state index contributed by atoms with van der Waals surface area (Å²) in [7, 11) is 0. The number of hydrogen-bond donors (Lipinski definition) is 0. The standard InChI is InChI=1S/C19H15NO3/c21-11-12-8-9-14-13(10-12)4-3-7-17(14)20-18(22)15-5-1-2-6-16(15)19(20)23/h1-2,5-6,8-11,17H,3-4,7H2. The molecule has 0 fully saturated rings. The van der Waals surface area contributed by atoms with Crippen molar-refractivity contribution < 1.29 is 14.4 Å². The van der Waals surface area contributed by atoms with Gasteiger partial charge < -0.3 is 0 Å². The number of aryl methyl sites for hydroxylation is 1. The van der Waals surface area contributed by atoms with Gasteiger partial charge in [-0.05, 0) is 48.6 Å². The lowest BCUT2D eigenvalue weighted by atomic mass is 9.86. The molecule has 4 nitrogen and oxygen atoms in total. The van der Waals surface area contributed by atoms with E-state index in [-0.39, 0.29) is 17.9 Å². The van der Waals surface area contributed by atoms with E-state index >= 15 is 0 Å². The van der Waals surface area contributed by atoms with E-state index in [1.165, 1.54) is 4.90 Å². The first-order valence-corrected chi connectivity index (χ1v) is 7.75. The molecule has 4 rings (SSSR count). The number of carbonyl (C=O) groups excluding carboxylic acids is 3. The number of imide groups is 1. The number of carbonyl (C=O) groups is 3. The van der Waals surface area contributed by atoms with Gasteiger partial charge in [0.25, 0.3) is 11.8 Å². The maximum absolute atomic E-state index is 12.7. The zero-order valence-electron chi connectivity index (χ0n) is 12.5. The highest BCUT2D eigenvalue weighted by atomic mass is 16.2. The molecule has 2 aliphatic rings. The minimum Gasteiger partial charge on any atom is -0.298 e. The minimum atomic E-state index is -0.244. The van der Waals surface area contributed by atoms with E-state index in [1.54, 1.807) is 30.3 Å². The SMILES string of the molecule is O=Cc1ccc2c(c1)CCCC2N1C(=O)c2ccccc2C1=O. The van der Waals surface area contributed by atoms with Crippen molar-refractivity contribution in [2.24, 2.45) is 0 Å². The molecule has 1 heterocycles. The zero-order chi connectivity index (χ0) is 16.0. The van der Waals surface area contributed by atoms with Gasteiger partial charge in [0.1, 0.15) is 6.29 Å². The van der Waals surface area contributed by atoms with Crippen LogP contribution in [0, 0.1) is 0 Å². The predicted octanol–water partition coefficient (Wildman–Crippen LogP) is 3.17. The fraction of sp³-hybridized carbons (Fsp3) is 0.211. The number of amides is 2. The molecule has 0 saturated carbocycles. The Labute approximate surface area is 133 Å². The number of aldehydes is 1. The van der Waals surface area contributed by atoms with Crippen LogP contribution in [0.1, 0.15) is 61.1 Å². The van der Waals surface area contributed by atoms with Gasteiger partial charge >= 0.3 is 0 Å². The molecule has 0 aromatic heterocycles. The number of nitrogens with zero attached hydrogens (tertiary/aromatic N) is 1. The molecule has 23 heavy (non-hydrogen) atoms. The Morgan fingerprint density at radius 1 is 1.00 bits per heavy atom. The number of rotatable bonds is 2. The quantitative estimate of drug-likeness (QED) is 0.632. The van der Waals surface area contributed by atoms with Crippen LogP contribution in [0.5, 0.6) is 0 Å². The maximum atomic E-state index is 12.7. The van der Waals surface area contributed by atoms with Crippen molar-refractivity contribution in [2.75, 3.05) is 0 Å². The number of fused-ring (bicyclic) bond motifs is 2. The van der Waals surface area contributed by atoms with E-state index in [4.69, 9.17) is 0 Å². The first kappa shape index (κ1) is 13.9. The summed E-state index contributed by atoms with van der Waals surface area (Å²) in [6.07, 6.45) is 3.36. The summed E-state index contributed by atoms with van der Waals surface area (Å²) in [5.74, 6) is -0.439. The lowest BCUT2D eigenvalue weighted by Gasteiger charge is -2.32. The molecule has 2 amide bonds. The van der Waals surface area contributed by atoms with Gasteiger partial charge in [-0.2, -0.15) is 0 Å². The third-order valence-corrected chi connectivity index (χ3v) is 4.72. The van der Waals surface area contributed by atoms with Crippen molar-refractivity contribution in [2.45, 2.75) is 25.3 Å². The Hall–Kier alpha value is -2.75. The molecule has 1 unspecified atom stereocenters. The fourth-order valence-corrected chi connectivity index (χ4v) is 3.64. The Bertz CT molecular complexity index is 805. The Morgan fingerprint density at radius 3 is 2.35 bits per heavy atom. The van der Waals surface area contributed by atoms with E-state index < -0.39 is 0 Å². The van der Waals surface area contributed by atoms with Gasteiger partial charge in [0, 0.05) is 5.56 Å². The second-order valence-electron chi connectivity index (χ2n) is 6.01. The van der Waals surface area contributed by atoms with E-state index in [2.05, 4.69) is 0 Å². The third kappa shape index (κ3) is 2.02. The van der Waals surface area contributed by atoms with Crippen molar-refractivity contribution in [3.63, 3.8) is 0 Å². The van der Waals surface area contributed by atoms with Crippen LogP contribution in [0.3, 0.4) is 0 Å². The summed E-state index contributed by atoms with van der Waals surface area (Å²) < 4.78 is 0. The molecule has 1 aliphatic carbocycles. The van der Waals surface area contributed by atoms with Crippen LogP contribution >= 0.6 is 0 Å². The zero-order valence-corrected chi connectivity index (χ0v) is 12.5. The summed E-state index contributed by atoms with van der Waals surface area (Å²) in [6.45, 7) is 0. The molecule has 0 N–H and O–H groups in total. The van der Waals surface area contributed by atoms with E-state index in [1.807, 2.05) is 12.1 Å². The molecule has 0 spiro atoms. The second kappa shape index (κ2) is 5.16. The average molecular weight is 305 g/mol. The lowest BCUT2D eigenvalue weighted by molar-refractivity contribution is 0.0566. The van der Waals surface area contributed by atoms with Crippen LogP contribution < -0.4 is 0 Å². The van der Waals surface area contributed by atoms with Crippen molar-refractivity contribution in [3.05, 3.63) is 70.3 Å². The number of hydrogen-bond acceptors (Lipinski definition) is 3. The molecule has 114 valence electrons. The summed E-state index contributed by atoms with van der Waals surface area (Å²) >= 11 is 0. The molecule has 1 atom stereocenters. The Balaban J connectivity index is 1.78. The lowest BCUT2D eigenvalue weighted by Crippen LogP contribution is -2.36. The largest absolute Gasteiger partial charge is 0.298 e. The first-order chi connectivity index (χ1) is 11.2.